The molecule has 23 heavy (non-hydrogen) atoms. The van der Waals surface area contributed by atoms with Gasteiger partial charge in [0.1, 0.15) is 5.92 Å². The predicted octanol–water partition coefficient (Wildman–Crippen LogP) is 4.09. The van der Waals surface area contributed by atoms with Gasteiger partial charge in [-0.05, 0) is 24.1 Å². The fourth-order valence-electron chi connectivity index (χ4n) is 3.54. The molecule has 0 radical (unpaired) electrons. The van der Waals surface area contributed by atoms with Gasteiger partial charge in [0.25, 0.3) is 0 Å². The van der Waals surface area contributed by atoms with E-state index in [1.165, 1.54) is 0 Å². The van der Waals surface area contributed by atoms with Gasteiger partial charge in [0.2, 0.25) is 5.90 Å². The van der Waals surface area contributed by atoms with Crippen molar-refractivity contribution in [1.29, 1.82) is 0 Å². The lowest BCUT2D eigenvalue weighted by Gasteiger charge is -2.32. The Balaban J connectivity index is 1.77. The van der Waals surface area contributed by atoms with Crippen LogP contribution >= 0.6 is 0 Å². The fraction of sp³-hybridized carbons (Fsp3) is 0.278. The number of hydrogen-bond acceptors (Lipinski definition) is 2. The highest BCUT2D eigenvalue weighted by molar-refractivity contribution is 5.95. The van der Waals surface area contributed by atoms with E-state index in [0.29, 0.717) is 16.7 Å². The van der Waals surface area contributed by atoms with Crippen LogP contribution in [-0.2, 0) is 16.8 Å². The van der Waals surface area contributed by atoms with E-state index in [1.807, 2.05) is 18.2 Å². The Labute approximate surface area is 131 Å². The Morgan fingerprint density at radius 2 is 1.70 bits per heavy atom. The average molecular weight is 317 g/mol. The summed E-state index contributed by atoms with van der Waals surface area (Å²) in [6.07, 6.45) is -4.39. The zero-order chi connectivity index (χ0) is 16.1. The van der Waals surface area contributed by atoms with Crippen molar-refractivity contribution in [2.75, 3.05) is 6.54 Å². The molecule has 0 saturated heterocycles. The summed E-state index contributed by atoms with van der Waals surface area (Å²) in [4.78, 5) is 4.30. The number of aliphatic imine (C=N–C) groups is 1. The minimum Gasteiger partial charge on any atom is -0.463 e. The highest BCUT2D eigenvalue weighted by Crippen LogP contribution is 2.53. The van der Waals surface area contributed by atoms with E-state index in [0.717, 1.165) is 0 Å². The van der Waals surface area contributed by atoms with E-state index in [2.05, 4.69) is 4.99 Å². The second-order valence-corrected chi connectivity index (χ2v) is 5.93. The third-order valence-corrected chi connectivity index (χ3v) is 4.61. The number of nitrogens with zero attached hydrogens (tertiary/aromatic N) is 1. The van der Waals surface area contributed by atoms with Gasteiger partial charge >= 0.3 is 6.18 Å². The van der Waals surface area contributed by atoms with Gasteiger partial charge in [-0.2, -0.15) is 13.2 Å². The first-order chi connectivity index (χ1) is 11.0. The lowest BCUT2D eigenvalue weighted by molar-refractivity contribution is -0.215. The predicted molar refractivity (Wildman–Crippen MR) is 80.3 cm³/mol. The second-order valence-electron chi connectivity index (χ2n) is 5.93. The molecule has 1 aliphatic carbocycles. The zero-order valence-electron chi connectivity index (χ0n) is 12.2. The number of fused-ring (bicyclic) bond motifs is 2. The lowest BCUT2D eigenvalue weighted by Crippen LogP contribution is -2.43. The molecule has 5 heteroatoms. The fourth-order valence-corrected chi connectivity index (χ4v) is 3.54. The monoisotopic (exact) mass is 317 g/mol. The summed E-state index contributed by atoms with van der Waals surface area (Å²) in [6, 6.07) is 16.0. The molecule has 118 valence electrons. The third-order valence-electron chi connectivity index (χ3n) is 4.61. The molecule has 0 fully saturated rings. The van der Waals surface area contributed by atoms with Crippen molar-refractivity contribution < 1.29 is 17.9 Å². The summed E-state index contributed by atoms with van der Waals surface area (Å²) in [7, 11) is 0. The van der Waals surface area contributed by atoms with Crippen LogP contribution in [0.2, 0.25) is 0 Å². The highest BCUT2D eigenvalue weighted by atomic mass is 19.4. The van der Waals surface area contributed by atoms with Crippen molar-refractivity contribution in [3.63, 3.8) is 0 Å². The summed E-state index contributed by atoms with van der Waals surface area (Å²) in [6.45, 7) is -0.00157. The van der Waals surface area contributed by atoms with E-state index in [1.54, 1.807) is 36.4 Å². The molecular formula is C18H14F3NO. The van der Waals surface area contributed by atoms with Gasteiger partial charge < -0.3 is 4.74 Å². The molecule has 1 aliphatic heterocycles. The van der Waals surface area contributed by atoms with Crippen LogP contribution in [0.25, 0.3) is 0 Å². The Kier molecular flexibility index (Phi) is 3.01. The summed E-state index contributed by atoms with van der Waals surface area (Å²) in [5, 5.41) is 0. The van der Waals surface area contributed by atoms with Crippen LogP contribution in [-0.4, -0.2) is 18.6 Å². The minimum absolute atomic E-state index is 0.00157. The van der Waals surface area contributed by atoms with Crippen LogP contribution in [0, 0.1) is 5.92 Å². The van der Waals surface area contributed by atoms with E-state index in [9.17, 15) is 13.2 Å². The molecule has 0 saturated carbocycles. The SMILES string of the molecule is FC(F)(F)[C@H]1Cc2ccccc2C12CN=C(c1ccccc1)O2. The highest BCUT2D eigenvalue weighted by Gasteiger charge is 2.62. The van der Waals surface area contributed by atoms with Crippen LogP contribution in [0.5, 0.6) is 0 Å². The van der Waals surface area contributed by atoms with Crippen molar-refractivity contribution in [2.45, 2.75) is 18.2 Å². The molecule has 0 aromatic heterocycles. The number of benzene rings is 2. The van der Waals surface area contributed by atoms with Gasteiger partial charge in [0.15, 0.2) is 5.60 Å². The first-order valence-corrected chi connectivity index (χ1v) is 7.45. The molecular weight excluding hydrogens is 303 g/mol. The van der Waals surface area contributed by atoms with Crippen molar-refractivity contribution in [3.8, 4) is 0 Å². The van der Waals surface area contributed by atoms with Gasteiger partial charge in [0.05, 0.1) is 6.54 Å². The Morgan fingerprint density at radius 3 is 2.43 bits per heavy atom. The molecule has 2 aliphatic rings. The first kappa shape index (κ1) is 14.3. The first-order valence-electron chi connectivity index (χ1n) is 7.45. The van der Waals surface area contributed by atoms with Crippen LogP contribution in [0.4, 0.5) is 13.2 Å². The Morgan fingerprint density at radius 1 is 1.00 bits per heavy atom. The standard InChI is InChI=1S/C18H14F3NO/c19-18(20,21)15-10-13-8-4-5-9-14(13)17(15)11-22-16(23-17)12-6-2-1-3-7-12/h1-9,15H,10-11H2/t15-,17?/m0/s1. The molecule has 0 N–H and O–H groups in total. The molecule has 4 rings (SSSR count). The van der Waals surface area contributed by atoms with Gasteiger partial charge in [-0.1, -0.05) is 42.5 Å². The van der Waals surface area contributed by atoms with Gasteiger partial charge in [-0.15, -0.1) is 0 Å². The van der Waals surface area contributed by atoms with Crippen LogP contribution in [0.3, 0.4) is 0 Å². The molecule has 0 amide bonds. The van der Waals surface area contributed by atoms with Gasteiger partial charge in [0, 0.05) is 11.1 Å². The maximum atomic E-state index is 13.6. The molecule has 2 aromatic carbocycles. The van der Waals surface area contributed by atoms with Crippen LogP contribution in [0.15, 0.2) is 59.6 Å². The molecule has 2 aromatic rings. The Hall–Kier alpha value is -2.30. The molecule has 1 heterocycles. The zero-order valence-corrected chi connectivity index (χ0v) is 12.2. The second kappa shape index (κ2) is 4.85. The number of alkyl halides is 3. The topological polar surface area (TPSA) is 21.6 Å². The number of hydrogen-bond donors (Lipinski definition) is 0. The van der Waals surface area contributed by atoms with E-state index in [-0.39, 0.29) is 18.9 Å². The molecule has 2 atom stereocenters. The van der Waals surface area contributed by atoms with Crippen LogP contribution in [0.1, 0.15) is 16.7 Å². The van der Waals surface area contributed by atoms with Crippen molar-refractivity contribution in [1.82, 2.24) is 0 Å². The number of halogens is 3. The van der Waals surface area contributed by atoms with Crippen molar-refractivity contribution in [3.05, 3.63) is 71.3 Å². The minimum atomic E-state index is -4.33. The molecule has 1 spiro atoms. The van der Waals surface area contributed by atoms with Crippen molar-refractivity contribution in [2.24, 2.45) is 10.9 Å². The lowest BCUT2D eigenvalue weighted by atomic mass is 9.87. The summed E-state index contributed by atoms with van der Waals surface area (Å²) >= 11 is 0. The molecule has 0 bridgehead atoms. The number of ether oxygens (including phenoxy) is 1. The average Bonchev–Trinajstić information content (AvgIpc) is 3.12. The van der Waals surface area contributed by atoms with E-state index in [4.69, 9.17) is 4.74 Å². The van der Waals surface area contributed by atoms with Gasteiger partial charge in [-0.3, -0.25) is 0 Å². The van der Waals surface area contributed by atoms with Gasteiger partial charge in [-0.25, -0.2) is 4.99 Å². The normalized spacial score (nSPS) is 26.0. The van der Waals surface area contributed by atoms with Crippen molar-refractivity contribution >= 4 is 5.90 Å². The third kappa shape index (κ3) is 2.14. The quantitative estimate of drug-likeness (QED) is 0.776. The summed E-state index contributed by atoms with van der Waals surface area (Å²) in [5.74, 6) is -1.28. The van der Waals surface area contributed by atoms with E-state index >= 15 is 0 Å². The van der Waals surface area contributed by atoms with E-state index < -0.39 is 17.7 Å². The Bertz CT molecular complexity index is 769. The number of rotatable bonds is 1. The largest absolute Gasteiger partial charge is 0.463 e. The summed E-state index contributed by atoms with van der Waals surface area (Å²) in [5.41, 5.74) is 0.575. The smallest absolute Gasteiger partial charge is 0.396 e. The summed E-state index contributed by atoms with van der Waals surface area (Å²) < 4.78 is 46.8. The maximum Gasteiger partial charge on any atom is 0.396 e. The molecule has 1 unspecified atom stereocenters. The van der Waals surface area contributed by atoms with Crippen LogP contribution < -0.4 is 0 Å². The maximum absolute atomic E-state index is 13.6. The molecule has 2 nitrogen and oxygen atoms in total.